The van der Waals surface area contributed by atoms with Crippen molar-refractivity contribution >= 4 is 166 Å². The third-order valence-electron chi connectivity index (χ3n) is 21.4. The first-order valence-corrected chi connectivity index (χ1v) is 35.2. The van der Waals surface area contributed by atoms with Gasteiger partial charge in [0.2, 0.25) is 17.3 Å². The normalized spacial score (nSPS) is 13.6. The molecule has 20 aromatic rings. The number of aromatic nitrogens is 9. The highest BCUT2D eigenvalue weighted by atomic mass is 15.5. The Morgan fingerprint density at radius 1 is 0.173 bits per heavy atom. The highest BCUT2D eigenvalue weighted by molar-refractivity contribution is 6.81. The zero-order valence-corrected chi connectivity index (χ0v) is 55.8. The van der Waals surface area contributed by atoms with Crippen LogP contribution in [0, 0.1) is 0 Å². The lowest BCUT2D eigenvalue weighted by Crippen LogP contribution is -2.51. The second-order valence-corrected chi connectivity index (χ2v) is 26.9. The number of hydrogen-bond acceptors (Lipinski definition) is 9. The number of rotatable bonds is 7. The Morgan fingerprint density at radius 3 is 0.904 bits per heavy atom. The summed E-state index contributed by atoms with van der Waals surface area (Å²) in [6, 6.07) is 123. The summed E-state index contributed by atoms with van der Waals surface area (Å²) in [5.41, 5.74) is 29.9. The number of anilines is 12. The summed E-state index contributed by atoms with van der Waals surface area (Å²) in [5, 5.41) is 0. The van der Waals surface area contributed by atoms with Crippen LogP contribution in [-0.2, 0) is 0 Å². The van der Waals surface area contributed by atoms with Crippen molar-refractivity contribution in [2.45, 2.75) is 0 Å². The molecule has 0 radical (unpaired) electrons. The first-order chi connectivity index (χ1) is 51.7. The smallest absolute Gasteiger partial charge is 0.344 e. The van der Waals surface area contributed by atoms with Crippen LogP contribution >= 0.6 is 0 Å². The van der Waals surface area contributed by atoms with Crippen LogP contribution in [0.15, 0.2) is 346 Å². The minimum Gasteiger partial charge on any atom is -0.344 e. The number of para-hydroxylation sites is 19. The molecule has 486 valence electrons. The van der Waals surface area contributed by atoms with Gasteiger partial charge in [0.05, 0.1) is 123 Å². The number of nitrogens with zero attached hydrogens (tertiary/aromatic N) is 15. The zero-order chi connectivity index (χ0) is 67.8. The molecule has 0 aliphatic carbocycles. The van der Waals surface area contributed by atoms with E-state index >= 15 is 0 Å². The van der Waals surface area contributed by atoms with Gasteiger partial charge in [-0.05, 0) is 188 Å². The van der Waals surface area contributed by atoms with Gasteiger partial charge < -0.3 is 28.9 Å². The van der Waals surface area contributed by atoms with Crippen LogP contribution in [0.25, 0.3) is 101 Å². The van der Waals surface area contributed by atoms with E-state index < -0.39 is 0 Å². The van der Waals surface area contributed by atoms with Gasteiger partial charge in [-0.3, -0.25) is 26.9 Å². The summed E-state index contributed by atoms with van der Waals surface area (Å²) in [4.78, 5) is 30.5. The number of fused-ring (bicyclic) bond motifs is 25. The van der Waals surface area contributed by atoms with Crippen LogP contribution in [-0.4, -0.2) is 56.1 Å². The van der Waals surface area contributed by atoms with E-state index in [9.17, 15) is 0 Å². The lowest BCUT2D eigenvalue weighted by molar-refractivity contribution is 1.08. The molecule has 6 aromatic heterocycles. The van der Waals surface area contributed by atoms with E-state index in [2.05, 4.69) is 395 Å². The summed E-state index contributed by atoms with van der Waals surface area (Å²) in [7, 11) is -0.244. The summed E-state index contributed by atoms with van der Waals surface area (Å²) < 4.78 is 13.7. The minimum absolute atomic E-state index is 0.101. The second kappa shape index (κ2) is 21.7. The topological polar surface area (TPSA) is 86.1 Å². The molecule has 0 unspecified atom stereocenters. The Hall–Kier alpha value is -14.2. The molecule has 0 fully saturated rings. The van der Waals surface area contributed by atoms with Crippen molar-refractivity contribution in [2.75, 3.05) is 28.9 Å². The third kappa shape index (κ3) is 7.88. The van der Waals surface area contributed by atoms with Crippen molar-refractivity contribution in [1.82, 2.24) is 41.9 Å². The molecule has 4 aliphatic rings. The van der Waals surface area contributed by atoms with E-state index in [1.807, 2.05) is 6.07 Å². The van der Waals surface area contributed by atoms with E-state index in [1.54, 1.807) is 0 Å². The van der Waals surface area contributed by atoms with E-state index in [0.29, 0.717) is 0 Å². The van der Waals surface area contributed by atoms with Crippen molar-refractivity contribution in [3.8, 4) is 17.1 Å². The summed E-state index contributed by atoms with van der Waals surface area (Å²) in [6.07, 6.45) is 0. The lowest BCUT2D eigenvalue weighted by atomic mass is 9.86. The van der Waals surface area contributed by atoms with Crippen molar-refractivity contribution in [3.63, 3.8) is 0 Å². The first-order valence-electron chi connectivity index (χ1n) is 35.2. The van der Waals surface area contributed by atoms with Gasteiger partial charge in [-0.25, -0.2) is 15.0 Å². The van der Waals surface area contributed by atoms with E-state index in [-0.39, 0.29) is 14.2 Å². The van der Waals surface area contributed by atoms with Gasteiger partial charge in [0.15, 0.2) is 0 Å². The molecule has 0 saturated heterocycles. The maximum Gasteiger partial charge on any atom is 0.519 e. The van der Waals surface area contributed by atoms with Crippen molar-refractivity contribution < 1.29 is 0 Å². The zero-order valence-electron chi connectivity index (χ0n) is 55.8. The maximum absolute atomic E-state index is 5.39. The molecule has 14 aromatic carbocycles. The molecular weight excluding hydrogens is 1280 g/mol. The fourth-order valence-corrected chi connectivity index (χ4v) is 17.2. The molecular formula is C87H57B2N15. The Bertz CT molecular complexity index is 6890. The van der Waals surface area contributed by atoms with E-state index in [1.165, 1.54) is 39.8 Å². The predicted molar refractivity (Wildman–Crippen MR) is 425 cm³/mol. The maximum atomic E-state index is 5.39. The lowest BCUT2D eigenvalue weighted by Gasteiger charge is -2.31. The molecule has 104 heavy (non-hydrogen) atoms. The van der Waals surface area contributed by atoms with Gasteiger partial charge in [-0.15, -0.1) is 0 Å². The Kier molecular flexibility index (Phi) is 11.8. The van der Waals surface area contributed by atoms with Gasteiger partial charge in [0.25, 0.3) is 0 Å². The molecule has 0 bridgehead atoms. The molecule has 0 atom stereocenters. The van der Waals surface area contributed by atoms with E-state index in [0.717, 1.165) is 129 Å². The molecule has 10 heterocycles. The molecule has 4 aliphatic heterocycles. The fraction of sp³-hybridized carbons (Fsp3) is 0. The minimum atomic E-state index is -0.143. The van der Waals surface area contributed by atoms with Gasteiger partial charge in [-0.2, -0.15) is 0 Å². The molecule has 15 nitrogen and oxygen atoms in total. The van der Waals surface area contributed by atoms with Gasteiger partial charge >= 0.3 is 14.2 Å². The van der Waals surface area contributed by atoms with Crippen LogP contribution in [0.5, 0.6) is 0 Å². The SMILES string of the molecule is c1ccc(N2B3N(c4ccc5c(c4)n4c6ccccc6nc4n5-c4ccccc4)c4ccccc4N3c3ccccc32)cc1.c1ccc(N2B3N(c4ccc5nc6n(-c7cccc(-n8c9ccccc9n9c%10ccccc%10nc89)c7)c7ccccc7n6c5c4)c4ccccc4N3c3ccccc32)cc1. The van der Waals surface area contributed by atoms with Crippen molar-refractivity contribution in [2.24, 2.45) is 0 Å². The van der Waals surface area contributed by atoms with E-state index in [4.69, 9.17) is 15.0 Å². The van der Waals surface area contributed by atoms with Gasteiger partial charge in [0.1, 0.15) is 0 Å². The highest BCUT2D eigenvalue weighted by Crippen LogP contribution is 2.58. The summed E-state index contributed by atoms with van der Waals surface area (Å²) >= 11 is 0. The van der Waals surface area contributed by atoms with Crippen LogP contribution in [0.1, 0.15) is 0 Å². The van der Waals surface area contributed by atoms with Crippen LogP contribution in [0.4, 0.5) is 68.2 Å². The van der Waals surface area contributed by atoms with Crippen LogP contribution in [0.3, 0.4) is 0 Å². The Morgan fingerprint density at radius 2 is 0.462 bits per heavy atom. The summed E-state index contributed by atoms with van der Waals surface area (Å²) in [6.45, 7) is 0. The van der Waals surface area contributed by atoms with Gasteiger partial charge in [0, 0.05) is 28.4 Å². The highest BCUT2D eigenvalue weighted by Gasteiger charge is 2.55. The monoisotopic (exact) mass is 1330 g/mol. The van der Waals surface area contributed by atoms with Crippen LogP contribution in [0.2, 0.25) is 0 Å². The van der Waals surface area contributed by atoms with Crippen molar-refractivity contribution in [1.29, 1.82) is 0 Å². The molecule has 0 amide bonds. The average Bonchev–Trinajstić information content (AvgIpc) is 1.54. The molecule has 0 N–H and O–H groups in total. The van der Waals surface area contributed by atoms with Crippen molar-refractivity contribution in [3.05, 3.63) is 346 Å². The Balaban J connectivity index is 0.000000133. The average molecular weight is 1330 g/mol. The van der Waals surface area contributed by atoms with Crippen LogP contribution < -0.4 is 28.9 Å². The largest absolute Gasteiger partial charge is 0.519 e. The van der Waals surface area contributed by atoms with Gasteiger partial charge in [-0.1, -0.05) is 158 Å². The molecule has 24 rings (SSSR count). The predicted octanol–water partition coefficient (Wildman–Crippen LogP) is 20.5. The summed E-state index contributed by atoms with van der Waals surface area (Å²) in [5.74, 6) is 2.65. The first kappa shape index (κ1) is 56.7. The number of benzene rings is 14. The second-order valence-electron chi connectivity index (χ2n) is 26.9. The molecule has 0 saturated carbocycles. The molecule has 17 heteroatoms. The number of imidazole rings is 6. The number of hydrogen-bond donors (Lipinski definition) is 0. The molecule has 0 spiro atoms. The quantitative estimate of drug-likeness (QED) is 0.145. The Labute approximate surface area is 596 Å². The fourth-order valence-electron chi connectivity index (χ4n) is 17.2. The standard InChI is InChI=1S/C50H32BN9.C37H25BN6/c1-2-15-33(16-3-1)58-44-25-10-12-27-46(44)60-47-28-13-11-26-45(47)59(51(58)60)36-29-30-38-48(32-36)57-43-24-9-7-22-41(43)55(50(57)53-38)35-18-14-17-34(31-35)54-40-21-6-8-23-42(40)56-39-20-5-4-19-37(39)52-49(54)56;1-3-13-26(14-4-1)40-31-24-23-28(25-36(31)41-30-18-8-7-17-29(30)39-37(40)41)43-33-20-10-12-22-35(33)44-34-21-11-9-19-32(34)42(38(43)44)27-15-5-2-6-16-27/h1-32H;1-25H. The third-order valence-corrected chi connectivity index (χ3v) is 21.4.